The highest BCUT2D eigenvalue weighted by Gasteiger charge is 2.41. The molecule has 0 spiro atoms. The molecule has 1 aromatic rings. The van der Waals surface area contributed by atoms with Gasteiger partial charge in [-0.05, 0) is 38.3 Å². The Bertz CT molecular complexity index is 573. The minimum Gasteiger partial charge on any atom is -0.487 e. The van der Waals surface area contributed by atoms with Gasteiger partial charge in [0.2, 0.25) is 0 Å². The van der Waals surface area contributed by atoms with Crippen LogP contribution in [0.3, 0.4) is 0 Å². The van der Waals surface area contributed by atoms with Gasteiger partial charge >= 0.3 is 0 Å². The van der Waals surface area contributed by atoms with Crippen LogP contribution in [0.2, 0.25) is 5.02 Å². The van der Waals surface area contributed by atoms with Gasteiger partial charge in [0, 0.05) is 7.05 Å². The number of fused-ring (bicyclic) bond motifs is 2. The number of nitrogens with zero attached hydrogens (tertiary/aromatic N) is 1. The Balaban J connectivity index is 0.00000208. The third kappa shape index (κ3) is 4.89. The number of ether oxygens (including phenoxy) is 2. The fourth-order valence-electron chi connectivity index (χ4n) is 3.20. The number of rotatable bonds is 5. The maximum Gasteiger partial charge on any atom is 0.191 e. The summed E-state index contributed by atoms with van der Waals surface area (Å²) < 4.78 is 11.7. The van der Waals surface area contributed by atoms with Crippen molar-refractivity contribution < 1.29 is 9.47 Å². The van der Waals surface area contributed by atoms with E-state index in [2.05, 4.69) is 15.6 Å². The summed E-state index contributed by atoms with van der Waals surface area (Å²) in [4.78, 5) is 4.29. The van der Waals surface area contributed by atoms with E-state index >= 15 is 0 Å². The average molecular weight is 466 g/mol. The topological polar surface area (TPSA) is 54.9 Å². The number of hydrogen-bond donors (Lipinski definition) is 2. The standard InChI is InChI=1S/C17H24ClN3O2.HI/c1-11(22-15-6-4-3-5-13(15)18)10-20-17(19-2)21-14-9-12-7-8-16(14)23-12;/h3-6,11-12,14,16H,7-10H2,1-2H3,(H2,19,20,21);1H. The molecule has 0 aliphatic carbocycles. The zero-order valence-electron chi connectivity index (χ0n) is 14.0. The SMILES string of the molecule is CN=C(NCC(C)Oc1ccccc1Cl)NC1CC2CCC1O2.I. The Morgan fingerprint density at radius 3 is 2.83 bits per heavy atom. The number of hydrogen-bond acceptors (Lipinski definition) is 3. The molecule has 2 N–H and O–H groups in total. The molecular formula is C17H25ClIN3O2. The summed E-state index contributed by atoms with van der Waals surface area (Å²) in [5.41, 5.74) is 0. The van der Waals surface area contributed by atoms with E-state index in [9.17, 15) is 0 Å². The van der Waals surface area contributed by atoms with Crippen molar-refractivity contribution in [1.82, 2.24) is 10.6 Å². The third-order valence-electron chi connectivity index (χ3n) is 4.37. The van der Waals surface area contributed by atoms with Crippen molar-refractivity contribution in [2.75, 3.05) is 13.6 Å². The van der Waals surface area contributed by atoms with Crippen LogP contribution in [-0.2, 0) is 4.74 Å². The minimum atomic E-state index is -0.0234. The molecule has 4 unspecified atom stereocenters. The van der Waals surface area contributed by atoms with E-state index in [1.165, 1.54) is 6.42 Å². The largest absolute Gasteiger partial charge is 0.487 e. The lowest BCUT2D eigenvalue weighted by Crippen LogP contribution is -2.49. The number of para-hydroxylation sites is 1. The normalized spacial score (nSPS) is 26.6. The first-order valence-electron chi connectivity index (χ1n) is 8.19. The van der Waals surface area contributed by atoms with Crippen LogP contribution in [0.1, 0.15) is 26.2 Å². The van der Waals surface area contributed by atoms with Crippen molar-refractivity contribution in [2.45, 2.75) is 50.5 Å². The first-order valence-corrected chi connectivity index (χ1v) is 8.57. The number of benzene rings is 1. The molecule has 0 radical (unpaired) electrons. The molecule has 2 bridgehead atoms. The molecule has 0 amide bonds. The smallest absolute Gasteiger partial charge is 0.191 e. The average Bonchev–Trinajstić information content (AvgIpc) is 3.16. The van der Waals surface area contributed by atoms with Crippen molar-refractivity contribution in [3.8, 4) is 5.75 Å². The number of halogens is 2. The van der Waals surface area contributed by atoms with Crippen LogP contribution in [0.5, 0.6) is 5.75 Å². The summed E-state index contributed by atoms with van der Waals surface area (Å²) in [6.07, 6.45) is 4.14. The lowest BCUT2D eigenvalue weighted by atomic mass is 9.96. The molecule has 2 aliphatic rings. The molecule has 2 heterocycles. The van der Waals surface area contributed by atoms with Crippen LogP contribution in [0.4, 0.5) is 0 Å². The van der Waals surface area contributed by atoms with Crippen LogP contribution < -0.4 is 15.4 Å². The van der Waals surface area contributed by atoms with E-state index in [-0.39, 0.29) is 30.1 Å². The summed E-state index contributed by atoms with van der Waals surface area (Å²) >= 11 is 6.11. The van der Waals surface area contributed by atoms with Gasteiger partial charge in [-0.3, -0.25) is 4.99 Å². The highest BCUT2D eigenvalue weighted by molar-refractivity contribution is 14.0. The summed E-state index contributed by atoms with van der Waals surface area (Å²) in [6, 6.07) is 7.86. The predicted molar refractivity (Wildman–Crippen MR) is 108 cm³/mol. The molecule has 0 aromatic heterocycles. The Morgan fingerprint density at radius 2 is 2.21 bits per heavy atom. The van der Waals surface area contributed by atoms with Gasteiger partial charge in [-0.2, -0.15) is 0 Å². The second-order valence-electron chi connectivity index (χ2n) is 6.17. The van der Waals surface area contributed by atoms with Gasteiger partial charge in [0.1, 0.15) is 11.9 Å². The Labute approximate surface area is 165 Å². The van der Waals surface area contributed by atoms with Crippen LogP contribution >= 0.6 is 35.6 Å². The molecule has 7 heteroatoms. The zero-order chi connectivity index (χ0) is 16.2. The monoisotopic (exact) mass is 465 g/mol. The Hall–Kier alpha value is -0.730. The van der Waals surface area contributed by atoms with Crippen LogP contribution in [0.15, 0.2) is 29.3 Å². The van der Waals surface area contributed by atoms with E-state index < -0.39 is 0 Å². The molecule has 5 nitrogen and oxygen atoms in total. The van der Waals surface area contributed by atoms with E-state index in [4.69, 9.17) is 21.1 Å². The number of nitrogens with one attached hydrogen (secondary N) is 2. The maximum atomic E-state index is 6.11. The summed E-state index contributed by atoms with van der Waals surface area (Å²) in [5, 5.41) is 7.40. The Kier molecular flexibility index (Phi) is 7.43. The molecule has 3 rings (SSSR count). The molecule has 1 aromatic carbocycles. The fourth-order valence-corrected chi connectivity index (χ4v) is 3.38. The lowest BCUT2D eigenvalue weighted by Gasteiger charge is -2.24. The molecular weight excluding hydrogens is 441 g/mol. The molecule has 2 saturated heterocycles. The second-order valence-corrected chi connectivity index (χ2v) is 6.58. The molecule has 2 fully saturated rings. The minimum absolute atomic E-state index is 0. The fraction of sp³-hybridized carbons (Fsp3) is 0.588. The van der Waals surface area contributed by atoms with Crippen molar-refractivity contribution in [2.24, 2.45) is 4.99 Å². The van der Waals surface area contributed by atoms with Crippen molar-refractivity contribution in [3.63, 3.8) is 0 Å². The van der Waals surface area contributed by atoms with Gasteiger partial charge in [0.15, 0.2) is 5.96 Å². The van der Waals surface area contributed by atoms with E-state index in [0.717, 1.165) is 18.8 Å². The van der Waals surface area contributed by atoms with Gasteiger partial charge in [-0.15, -0.1) is 24.0 Å². The van der Waals surface area contributed by atoms with Gasteiger partial charge in [-0.1, -0.05) is 23.7 Å². The summed E-state index contributed by atoms with van der Waals surface area (Å²) in [7, 11) is 1.78. The maximum absolute atomic E-state index is 6.11. The molecule has 2 aliphatic heterocycles. The highest BCUT2D eigenvalue weighted by atomic mass is 127. The van der Waals surface area contributed by atoms with Gasteiger partial charge in [0.25, 0.3) is 0 Å². The second kappa shape index (κ2) is 9.10. The van der Waals surface area contributed by atoms with Gasteiger partial charge in [-0.25, -0.2) is 0 Å². The molecule has 4 atom stereocenters. The molecule has 134 valence electrons. The molecule has 0 saturated carbocycles. The van der Waals surface area contributed by atoms with E-state index in [1.54, 1.807) is 7.05 Å². The number of aliphatic imine (C=N–C) groups is 1. The first kappa shape index (κ1) is 19.6. The van der Waals surface area contributed by atoms with Crippen LogP contribution in [0.25, 0.3) is 0 Å². The summed E-state index contributed by atoms with van der Waals surface area (Å²) in [5.74, 6) is 1.49. The molecule has 24 heavy (non-hydrogen) atoms. The summed E-state index contributed by atoms with van der Waals surface area (Å²) in [6.45, 7) is 2.65. The zero-order valence-corrected chi connectivity index (χ0v) is 17.1. The third-order valence-corrected chi connectivity index (χ3v) is 4.69. The first-order chi connectivity index (χ1) is 11.2. The lowest BCUT2D eigenvalue weighted by molar-refractivity contribution is 0.0992. The van der Waals surface area contributed by atoms with E-state index in [1.807, 2.05) is 31.2 Å². The van der Waals surface area contributed by atoms with Crippen molar-refractivity contribution in [3.05, 3.63) is 29.3 Å². The Morgan fingerprint density at radius 1 is 1.42 bits per heavy atom. The quantitative estimate of drug-likeness (QED) is 0.398. The number of guanidine groups is 1. The van der Waals surface area contributed by atoms with Gasteiger partial charge in [0.05, 0.1) is 29.8 Å². The van der Waals surface area contributed by atoms with Crippen LogP contribution in [0, 0.1) is 0 Å². The van der Waals surface area contributed by atoms with Gasteiger partial charge < -0.3 is 20.1 Å². The van der Waals surface area contributed by atoms with Crippen molar-refractivity contribution in [1.29, 1.82) is 0 Å². The predicted octanol–water partition coefficient (Wildman–Crippen LogP) is 3.21. The highest BCUT2D eigenvalue weighted by Crippen LogP contribution is 2.34. The van der Waals surface area contributed by atoms with Crippen molar-refractivity contribution >= 4 is 41.5 Å². The van der Waals surface area contributed by atoms with Crippen LogP contribution in [-0.4, -0.2) is 43.9 Å². The van der Waals surface area contributed by atoms with E-state index in [0.29, 0.717) is 35.6 Å².